The highest BCUT2D eigenvalue weighted by atomic mass is 32.2. The van der Waals surface area contributed by atoms with Crippen molar-refractivity contribution in [2.75, 3.05) is 0 Å². The summed E-state index contributed by atoms with van der Waals surface area (Å²) in [5.41, 5.74) is -0.489. The van der Waals surface area contributed by atoms with Crippen LogP contribution in [0.2, 0.25) is 0 Å². The standard InChI is InChI=1S/C10H11NO7S/c1-10(2)6(9(15)16)11-7(14)4(3-5(12)13)8(11)19(10,17)18/h3,6,8H,1-2H3,(H,12,13)(H,15,16)/p-2/b4-3-/t6-,8?/m0/s1. The van der Waals surface area contributed by atoms with Crippen LogP contribution in [0.3, 0.4) is 0 Å². The number of sulfone groups is 1. The van der Waals surface area contributed by atoms with Crippen LogP contribution in [0.4, 0.5) is 0 Å². The van der Waals surface area contributed by atoms with Crippen LogP contribution in [0.1, 0.15) is 13.8 Å². The number of β-lactam (4-membered cyclic amide) rings is 1. The van der Waals surface area contributed by atoms with E-state index in [9.17, 15) is 33.0 Å². The molecule has 0 N–H and O–H groups in total. The molecule has 2 atom stereocenters. The maximum Gasteiger partial charge on any atom is 0.254 e. The monoisotopic (exact) mass is 287 g/mol. The van der Waals surface area contributed by atoms with Crippen LogP contribution in [0.25, 0.3) is 0 Å². The SMILES string of the molecule is CC1(C)[C@H](C(=O)[O-])N2C(=O)/C(=C/C(=O)[O-])C2S1(=O)=O. The maximum atomic E-state index is 12.2. The van der Waals surface area contributed by atoms with Crippen LogP contribution < -0.4 is 10.2 Å². The number of carboxylic acid groups (broad SMARTS) is 2. The molecule has 0 bridgehead atoms. The van der Waals surface area contributed by atoms with Gasteiger partial charge in [0.2, 0.25) is 0 Å². The Kier molecular flexibility index (Phi) is 2.54. The topological polar surface area (TPSA) is 135 Å². The lowest BCUT2D eigenvalue weighted by atomic mass is 9.95. The molecule has 0 aliphatic carbocycles. The van der Waals surface area contributed by atoms with Crippen molar-refractivity contribution in [3.63, 3.8) is 0 Å². The number of carboxylic acids is 2. The van der Waals surface area contributed by atoms with E-state index < -0.39 is 49.4 Å². The lowest BCUT2D eigenvalue weighted by Gasteiger charge is -2.40. The summed E-state index contributed by atoms with van der Waals surface area (Å²) in [7, 11) is -4.06. The van der Waals surface area contributed by atoms with Gasteiger partial charge in [-0.1, -0.05) is 0 Å². The van der Waals surface area contributed by atoms with Crippen LogP contribution in [-0.4, -0.2) is 47.3 Å². The molecule has 0 aromatic carbocycles. The summed E-state index contributed by atoms with van der Waals surface area (Å²) in [4.78, 5) is 33.8. The Balaban J connectivity index is 2.61. The van der Waals surface area contributed by atoms with Gasteiger partial charge in [0.25, 0.3) is 5.91 Å². The van der Waals surface area contributed by atoms with E-state index in [1.54, 1.807) is 0 Å². The highest BCUT2D eigenvalue weighted by molar-refractivity contribution is 7.94. The Morgan fingerprint density at radius 2 is 1.84 bits per heavy atom. The van der Waals surface area contributed by atoms with E-state index in [4.69, 9.17) is 0 Å². The van der Waals surface area contributed by atoms with E-state index in [0.717, 1.165) is 13.8 Å². The minimum Gasteiger partial charge on any atom is -0.548 e. The first-order valence-corrected chi connectivity index (χ1v) is 6.77. The summed E-state index contributed by atoms with van der Waals surface area (Å²) in [5.74, 6) is -4.36. The molecule has 2 aliphatic heterocycles. The molecule has 2 fully saturated rings. The Morgan fingerprint density at radius 1 is 1.32 bits per heavy atom. The zero-order valence-corrected chi connectivity index (χ0v) is 10.8. The molecule has 2 aliphatic rings. The lowest BCUT2D eigenvalue weighted by Crippen LogP contribution is -2.61. The van der Waals surface area contributed by atoms with E-state index in [0.29, 0.717) is 11.0 Å². The predicted octanol–water partition coefficient (Wildman–Crippen LogP) is -3.84. The molecule has 0 aromatic heterocycles. The van der Waals surface area contributed by atoms with Crippen molar-refractivity contribution in [3.05, 3.63) is 11.6 Å². The molecule has 2 rings (SSSR count). The minimum atomic E-state index is -4.06. The zero-order chi connectivity index (χ0) is 14.7. The number of amides is 1. The van der Waals surface area contributed by atoms with Gasteiger partial charge in [0, 0.05) is 0 Å². The van der Waals surface area contributed by atoms with Gasteiger partial charge in [0.15, 0.2) is 15.2 Å². The van der Waals surface area contributed by atoms with Gasteiger partial charge in [-0.25, -0.2) is 8.42 Å². The van der Waals surface area contributed by atoms with Crippen LogP contribution >= 0.6 is 0 Å². The maximum absolute atomic E-state index is 12.2. The summed E-state index contributed by atoms with van der Waals surface area (Å²) < 4.78 is 22.6. The summed E-state index contributed by atoms with van der Waals surface area (Å²) in [5, 5.41) is 19.9. The summed E-state index contributed by atoms with van der Waals surface area (Å²) in [6.07, 6.45) is 0.384. The van der Waals surface area contributed by atoms with Crippen molar-refractivity contribution in [2.24, 2.45) is 0 Å². The second-order valence-electron chi connectivity index (χ2n) is 4.85. The first kappa shape index (κ1) is 13.5. The Morgan fingerprint density at radius 3 is 2.26 bits per heavy atom. The molecule has 0 spiro atoms. The number of fused-ring (bicyclic) bond motifs is 1. The summed E-state index contributed by atoms with van der Waals surface area (Å²) in [6, 6.07) is -1.64. The first-order chi connectivity index (χ1) is 8.53. The fraction of sp³-hybridized carbons (Fsp3) is 0.500. The quantitative estimate of drug-likeness (QED) is 0.375. The van der Waals surface area contributed by atoms with Gasteiger partial charge in [-0.2, -0.15) is 0 Å². The number of rotatable bonds is 2. The van der Waals surface area contributed by atoms with Crippen LogP contribution in [-0.2, 0) is 24.2 Å². The average molecular weight is 287 g/mol. The molecule has 8 nitrogen and oxygen atoms in total. The Bertz CT molecular complexity index is 630. The molecule has 2 saturated heterocycles. The minimum absolute atomic E-state index is 0.384. The second kappa shape index (κ2) is 3.56. The summed E-state index contributed by atoms with van der Waals surface area (Å²) >= 11 is 0. The highest BCUT2D eigenvalue weighted by Gasteiger charge is 2.68. The van der Waals surface area contributed by atoms with Gasteiger partial charge in [0.1, 0.15) is 0 Å². The Labute approximate surface area is 108 Å². The van der Waals surface area contributed by atoms with Gasteiger partial charge in [-0.3, -0.25) is 4.79 Å². The van der Waals surface area contributed by atoms with Gasteiger partial charge in [-0.15, -0.1) is 0 Å². The third-order valence-electron chi connectivity index (χ3n) is 3.46. The van der Waals surface area contributed by atoms with E-state index in [1.807, 2.05) is 0 Å². The molecule has 104 valence electrons. The second-order valence-corrected chi connectivity index (χ2v) is 7.44. The third kappa shape index (κ3) is 1.44. The number of carbonyl (C=O) groups is 3. The molecule has 1 amide bonds. The van der Waals surface area contributed by atoms with Crippen LogP contribution in [0.15, 0.2) is 11.6 Å². The van der Waals surface area contributed by atoms with Crippen LogP contribution in [0.5, 0.6) is 0 Å². The molecule has 0 aromatic rings. The molecule has 1 unspecified atom stereocenters. The van der Waals surface area contributed by atoms with Crippen molar-refractivity contribution in [3.8, 4) is 0 Å². The molecule has 2 heterocycles. The third-order valence-corrected chi connectivity index (χ3v) is 6.22. The smallest absolute Gasteiger partial charge is 0.254 e. The molecule has 0 saturated carbocycles. The Hall–Kier alpha value is -1.90. The number of hydrogen-bond acceptors (Lipinski definition) is 7. The molecule has 0 radical (unpaired) electrons. The average Bonchev–Trinajstić information content (AvgIpc) is 2.38. The van der Waals surface area contributed by atoms with Crippen molar-refractivity contribution in [2.45, 2.75) is 30.0 Å². The number of hydrogen-bond donors (Lipinski definition) is 0. The largest absolute Gasteiger partial charge is 0.548 e. The zero-order valence-electron chi connectivity index (χ0n) is 9.95. The molecule has 19 heavy (non-hydrogen) atoms. The lowest BCUT2D eigenvalue weighted by molar-refractivity contribution is -0.312. The van der Waals surface area contributed by atoms with Gasteiger partial charge >= 0.3 is 0 Å². The van der Waals surface area contributed by atoms with E-state index in [2.05, 4.69) is 0 Å². The fourth-order valence-corrected chi connectivity index (χ4v) is 4.57. The molecular weight excluding hydrogens is 278 g/mol. The van der Waals surface area contributed by atoms with Crippen LogP contribution in [0, 0.1) is 0 Å². The summed E-state index contributed by atoms with van der Waals surface area (Å²) in [6.45, 7) is 2.32. The van der Waals surface area contributed by atoms with E-state index in [1.165, 1.54) is 0 Å². The predicted molar refractivity (Wildman–Crippen MR) is 55.5 cm³/mol. The fourth-order valence-electron chi connectivity index (χ4n) is 2.45. The number of aliphatic carboxylic acids is 2. The number of carbonyl (C=O) groups excluding carboxylic acids is 3. The molecular formula is C10H9NO7S-2. The van der Waals surface area contributed by atoms with Crippen molar-refractivity contribution in [1.29, 1.82) is 0 Å². The van der Waals surface area contributed by atoms with Crippen molar-refractivity contribution < 1.29 is 33.0 Å². The number of nitrogens with zero attached hydrogens (tertiary/aromatic N) is 1. The van der Waals surface area contributed by atoms with E-state index >= 15 is 0 Å². The van der Waals surface area contributed by atoms with Crippen molar-refractivity contribution >= 4 is 27.7 Å². The van der Waals surface area contributed by atoms with E-state index in [-0.39, 0.29) is 0 Å². The normalized spacial score (nSPS) is 32.8. The van der Waals surface area contributed by atoms with Crippen molar-refractivity contribution in [1.82, 2.24) is 4.90 Å². The van der Waals surface area contributed by atoms with Gasteiger partial charge in [0.05, 0.1) is 28.3 Å². The highest BCUT2D eigenvalue weighted by Crippen LogP contribution is 2.47. The first-order valence-electron chi connectivity index (χ1n) is 5.23. The molecule has 9 heteroatoms. The van der Waals surface area contributed by atoms with Gasteiger partial charge < -0.3 is 24.7 Å². The van der Waals surface area contributed by atoms with Gasteiger partial charge in [-0.05, 0) is 19.9 Å².